The van der Waals surface area contributed by atoms with Crippen molar-refractivity contribution in [3.05, 3.63) is 29.8 Å². The van der Waals surface area contributed by atoms with Crippen molar-refractivity contribution in [1.29, 1.82) is 0 Å². The lowest BCUT2D eigenvalue weighted by atomic mass is 9.98. The molecule has 0 aromatic heterocycles. The van der Waals surface area contributed by atoms with Crippen molar-refractivity contribution in [2.45, 2.75) is 64.4 Å². The number of ether oxygens (including phenoxy) is 1. The third-order valence-electron chi connectivity index (χ3n) is 5.08. The molecule has 1 aromatic rings. The van der Waals surface area contributed by atoms with E-state index in [4.69, 9.17) is 4.74 Å². The lowest BCUT2D eigenvalue weighted by Crippen LogP contribution is -2.40. The van der Waals surface area contributed by atoms with E-state index >= 15 is 0 Å². The number of nitrogens with zero attached hydrogens (tertiary/aromatic N) is 1. The molecule has 0 spiro atoms. The van der Waals surface area contributed by atoms with Crippen LogP contribution < -0.4 is 9.62 Å². The monoisotopic (exact) mass is 410 g/mol. The summed E-state index contributed by atoms with van der Waals surface area (Å²) in [5, 5.41) is 2.80. The summed E-state index contributed by atoms with van der Waals surface area (Å²) in [5.41, 5.74) is 1.63. The first-order valence-electron chi connectivity index (χ1n) is 10.2. The maximum absolute atomic E-state index is 12.3. The van der Waals surface area contributed by atoms with Gasteiger partial charge in [0.05, 0.1) is 18.0 Å². The number of carbonyl (C=O) groups is 1. The highest BCUT2D eigenvalue weighted by atomic mass is 32.2. The molecule has 1 aliphatic carbocycles. The molecule has 0 heterocycles. The Bertz CT molecular complexity index is 710. The van der Waals surface area contributed by atoms with Crippen molar-refractivity contribution < 1.29 is 17.9 Å². The molecule has 1 saturated carbocycles. The van der Waals surface area contributed by atoms with Crippen LogP contribution in [0.15, 0.2) is 24.3 Å². The maximum atomic E-state index is 12.3. The van der Waals surface area contributed by atoms with Crippen LogP contribution in [-0.4, -0.2) is 46.4 Å². The molecule has 0 bridgehead atoms. The van der Waals surface area contributed by atoms with Crippen LogP contribution in [-0.2, 0) is 19.6 Å². The van der Waals surface area contributed by atoms with E-state index in [1.165, 1.54) is 19.3 Å². The van der Waals surface area contributed by atoms with E-state index in [1.54, 1.807) is 12.1 Å². The Morgan fingerprint density at radius 1 is 1.18 bits per heavy atom. The minimum atomic E-state index is -3.55. The van der Waals surface area contributed by atoms with E-state index in [0.29, 0.717) is 30.9 Å². The number of nitrogens with one attached hydrogen (secondary N) is 1. The molecular weight excluding hydrogens is 376 g/mol. The number of carbonyl (C=O) groups excluding carboxylic acids is 1. The number of hydrogen-bond donors (Lipinski definition) is 1. The fourth-order valence-corrected chi connectivity index (χ4v) is 4.25. The van der Waals surface area contributed by atoms with Gasteiger partial charge in [-0.25, -0.2) is 8.42 Å². The molecule has 1 N–H and O–H groups in total. The van der Waals surface area contributed by atoms with Crippen LogP contribution in [0.1, 0.15) is 63.9 Å². The smallest absolute Gasteiger partial charge is 0.240 e. The third-order valence-corrected chi connectivity index (χ3v) is 6.22. The number of hydrogen-bond acceptors (Lipinski definition) is 4. The molecule has 0 aliphatic heterocycles. The highest BCUT2D eigenvalue weighted by molar-refractivity contribution is 7.92. The zero-order valence-electron chi connectivity index (χ0n) is 17.3. The first-order chi connectivity index (χ1) is 13.3. The van der Waals surface area contributed by atoms with Gasteiger partial charge in [-0.3, -0.25) is 9.10 Å². The van der Waals surface area contributed by atoms with Gasteiger partial charge in [-0.15, -0.1) is 0 Å². The number of benzene rings is 1. The third kappa shape index (κ3) is 7.43. The first-order valence-corrected chi connectivity index (χ1v) is 12.1. The molecule has 0 atom stereocenters. The molecule has 0 saturated heterocycles. The zero-order valence-corrected chi connectivity index (χ0v) is 18.1. The first kappa shape index (κ1) is 22.7. The lowest BCUT2D eigenvalue weighted by molar-refractivity contribution is -0.119. The van der Waals surface area contributed by atoms with Gasteiger partial charge < -0.3 is 10.1 Å². The van der Waals surface area contributed by atoms with E-state index < -0.39 is 10.0 Å². The van der Waals surface area contributed by atoms with Crippen LogP contribution in [0.2, 0.25) is 0 Å². The molecule has 1 fully saturated rings. The summed E-state index contributed by atoms with van der Waals surface area (Å²) in [7, 11) is -3.55. The Hall–Kier alpha value is -1.60. The van der Waals surface area contributed by atoms with Crippen LogP contribution in [0.4, 0.5) is 5.69 Å². The van der Waals surface area contributed by atoms with Crippen LogP contribution >= 0.6 is 0 Å². The van der Waals surface area contributed by atoms with Crippen LogP contribution in [0.25, 0.3) is 0 Å². The van der Waals surface area contributed by atoms with Gasteiger partial charge in [0.15, 0.2) is 0 Å². The van der Waals surface area contributed by atoms with Gasteiger partial charge in [0.2, 0.25) is 15.9 Å². The molecule has 1 amide bonds. The highest BCUT2D eigenvalue weighted by Crippen LogP contribution is 2.22. The van der Waals surface area contributed by atoms with Crippen molar-refractivity contribution in [3.8, 4) is 0 Å². The van der Waals surface area contributed by atoms with Gasteiger partial charge in [0, 0.05) is 13.2 Å². The van der Waals surface area contributed by atoms with Crippen LogP contribution in [0.5, 0.6) is 0 Å². The second-order valence-corrected chi connectivity index (χ2v) is 9.76. The molecule has 0 unspecified atom stereocenters. The van der Waals surface area contributed by atoms with Gasteiger partial charge in [-0.05, 0) is 42.9 Å². The Kier molecular flexibility index (Phi) is 8.76. The Labute approximate surface area is 169 Å². The molecular formula is C21H34N2O4S. The predicted molar refractivity (Wildman–Crippen MR) is 113 cm³/mol. The fraction of sp³-hybridized carbons (Fsp3) is 0.667. The van der Waals surface area contributed by atoms with E-state index in [2.05, 4.69) is 19.2 Å². The number of sulfonamides is 1. The minimum Gasteiger partial charge on any atom is -0.378 e. The SMILES string of the molecule is CC(C)c1ccc(N(CC(=O)NCCCOC2CCCCC2)S(C)(=O)=O)cc1. The van der Waals surface area contributed by atoms with Crippen molar-refractivity contribution >= 4 is 21.6 Å². The van der Waals surface area contributed by atoms with E-state index in [9.17, 15) is 13.2 Å². The predicted octanol–water partition coefficient (Wildman–Crippen LogP) is 3.43. The average molecular weight is 411 g/mol. The summed E-state index contributed by atoms with van der Waals surface area (Å²) < 4.78 is 31.3. The van der Waals surface area contributed by atoms with E-state index in [1.807, 2.05) is 12.1 Å². The van der Waals surface area contributed by atoms with Gasteiger partial charge in [0.25, 0.3) is 0 Å². The standard InChI is InChI=1S/C21H34N2O4S/c1-17(2)18-10-12-19(13-11-18)23(28(3,25)26)16-21(24)22-14-7-15-27-20-8-5-4-6-9-20/h10-13,17,20H,4-9,14-16H2,1-3H3,(H,22,24). The number of anilines is 1. The average Bonchev–Trinajstić information content (AvgIpc) is 2.66. The molecule has 28 heavy (non-hydrogen) atoms. The van der Waals surface area contributed by atoms with Crippen LogP contribution in [0, 0.1) is 0 Å². The van der Waals surface area contributed by atoms with Gasteiger partial charge in [-0.1, -0.05) is 45.2 Å². The molecule has 0 radical (unpaired) electrons. The van der Waals surface area contributed by atoms with Crippen molar-refractivity contribution in [2.75, 3.05) is 30.3 Å². The van der Waals surface area contributed by atoms with Crippen molar-refractivity contribution in [2.24, 2.45) is 0 Å². The fourth-order valence-electron chi connectivity index (χ4n) is 3.39. The van der Waals surface area contributed by atoms with Crippen molar-refractivity contribution in [1.82, 2.24) is 5.32 Å². The van der Waals surface area contributed by atoms with E-state index in [-0.39, 0.29) is 12.5 Å². The van der Waals surface area contributed by atoms with Crippen LogP contribution in [0.3, 0.4) is 0 Å². The van der Waals surface area contributed by atoms with Crippen molar-refractivity contribution in [3.63, 3.8) is 0 Å². The minimum absolute atomic E-state index is 0.219. The Morgan fingerprint density at radius 3 is 2.39 bits per heavy atom. The normalized spacial score (nSPS) is 15.6. The molecule has 1 aliphatic rings. The second-order valence-electron chi connectivity index (χ2n) is 7.85. The summed E-state index contributed by atoms with van der Waals surface area (Å²) in [5.74, 6) is 0.0517. The maximum Gasteiger partial charge on any atom is 0.240 e. The number of amides is 1. The number of rotatable bonds is 10. The molecule has 2 rings (SSSR count). The second kappa shape index (κ2) is 10.8. The summed E-state index contributed by atoms with van der Waals surface area (Å²) in [6.45, 7) is 5.04. The largest absolute Gasteiger partial charge is 0.378 e. The summed E-state index contributed by atoms with van der Waals surface area (Å²) in [4.78, 5) is 12.3. The summed E-state index contributed by atoms with van der Waals surface area (Å²) >= 11 is 0. The summed E-state index contributed by atoms with van der Waals surface area (Å²) in [6.07, 6.45) is 8.24. The zero-order chi connectivity index (χ0) is 20.6. The quantitative estimate of drug-likeness (QED) is 0.600. The Morgan fingerprint density at radius 2 is 1.82 bits per heavy atom. The van der Waals surface area contributed by atoms with Gasteiger partial charge >= 0.3 is 0 Å². The Balaban J connectivity index is 1.80. The van der Waals surface area contributed by atoms with Gasteiger partial charge in [-0.2, -0.15) is 0 Å². The van der Waals surface area contributed by atoms with E-state index in [0.717, 1.165) is 35.4 Å². The molecule has 7 heteroatoms. The summed E-state index contributed by atoms with van der Waals surface area (Å²) in [6, 6.07) is 7.31. The van der Waals surface area contributed by atoms with Gasteiger partial charge in [0.1, 0.15) is 6.54 Å². The topological polar surface area (TPSA) is 75.7 Å². The highest BCUT2D eigenvalue weighted by Gasteiger charge is 2.21. The molecule has 1 aromatic carbocycles. The lowest BCUT2D eigenvalue weighted by Gasteiger charge is -2.23. The molecule has 6 nitrogen and oxygen atoms in total. The molecule has 158 valence electrons.